The molecular formula is C18H30N2O6. The molecule has 0 aromatic heterocycles. The fraction of sp³-hybridized carbons (Fsp3) is 0.833. The highest BCUT2D eigenvalue weighted by atomic mass is 16.6. The lowest BCUT2D eigenvalue weighted by atomic mass is 10.0. The second-order valence-electron chi connectivity index (χ2n) is 7.99. The zero-order valence-corrected chi connectivity index (χ0v) is 16.0. The third kappa shape index (κ3) is 4.87. The summed E-state index contributed by atoms with van der Waals surface area (Å²) in [5.74, 6) is -0.912. The Morgan fingerprint density at radius 3 is 2.46 bits per heavy atom. The van der Waals surface area contributed by atoms with Gasteiger partial charge in [-0.3, -0.25) is 4.79 Å². The maximum absolute atomic E-state index is 13.1. The molecule has 0 saturated carbocycles. The van der Waals surface area contributed by atoms with Crippen LogP contribution >= 0.6 is 0 Å². The highest BCUT2D eigenvalue weighted by Crippen LogP contribution is 2.31. The number of nitrogens with one attached hydrogen (secondary N) is 1. The number of ether oxygens (including phenoxy) is 2. The number of hydrogen-bond acceptors (Lipinski definition) is 6. The van der Waals surface area contributed by atoms with Gasteiger partial charge in [0.2, 0.25) is 5.91 Å². The Hall–Kier alpha value is -1.83. The highest BCUT2D eigenvalue weighted by molar-refractivity contribution is 5.90. The molecule has 2 aliphatic heterocycles. The van der Waals surface area contributed by atoms with E-state index in [0.717, 1.165) is 19.3 Å². The molecule has 0 bridgehead atoms. The fourth-order valence-electron chi connectivity index (χ4n) is 3.68. The van der Waals surface area contributed by atoms with E-state index in [0.29, 0.717) is 12.8 Å². The first-order chi connectivity index (χ1) is 12.1. The molecule has 2 N–H and O–H groups in total. The SMILES string of the molecule is COC(=O)[C@@H]1C[C@@H](O)[C@@H]2CCCCC[C@H](NC(=O)OC(C)(C)C)C(=O)N12. The average molecular weight is 370 g/mol. The van der Waals surface area contributed by atoms with Crippen molar-refractivity contribution in [3.05, 3.63) is 0 Å². The lowest BCUT2D eigenvalue weighted by molar-refractivity contribution is -0.153. The maximum Gasteiger partial charge on any atom is 0.408 e. The third-order valence-electron chi connectivity index (χ3n) is 4.81. The predicted octanol–water partition coefficient (Wildman–Crippen LogP) is 1.35. The Kier molecular flexibility index (Phi) is 6.49. The van der Waals surface area contributed by atoms with Crippen LogP contribution in [-0.4, -0.2) is 64.9 Å². The molecule has 2 amide bonds. The first-order valence-corrected chi connectivity index (χ1v) is 9.21. The minimum atomic E-state index is -0.825. The van der Waals surface area contributed by atoms with Gasteiger partial charge in [-0.2, -0.15) is 0 Å². The van der Waals surface area contributed by atoms with Gasteiger partial charge < -0.3 is 24.8 Å². The van der Waals surface area contributed by atoms with Crippen molar-refractivity contribution in [1.82, 2.24) is 10.2 Å². The molecular weight excluding hydrogens is 340 g/mol. The number of rotatable bonds is 2. The quantitative estimate of drug-likeness (QED) is 0.711. The van der Waals surface area contributed by atoms with Crippen LogP contribution in [0.25, 0.3) is 0 Å². The summed E-state index contributed by atoms with van der Waals surface area (Å²) in [6.45, 7) is 5.24. The van der Waals surface area contributed by atoms with Gasteiger partial charge >= 0.3 is 12.1 Å². The van der Waals surface area contributed by atoms with E-state index in [2.05, 4.69) is 5.32 Å². The van der Waals surface area contributed by atoms with Crippen molar-refractivity contribution in [3.8, 4) is 0 Å². The Morgan fingerprint density at radius 1 is 1.19 bits per heavy atom. The number of amides is 2. The van der Waals surface area contributed by atoms with Crippen LogP contribution in [0.5, 0.6) is 0 Å². The Morgan fingerprint density at radius 2 is 1.85 bits per heavy atom. The zero-order chi connectivity index (χ0) is 19.5. The summed E-state index contributed by atoms with van der Waals surface area (Å²) in [5, 5.41) is 13.0. The van der Waals surface area contributed by atoms with Gasteiger partial charge in [0, 0.05) is 6.42 Å². The molecule has 148 valence electrons. The average Bonchev–Trinajstić information content (AvgIpc) is 2.89. The number of aliphatic hydroxyl groups excluding tert-OH is 1. The first-order valence-electron chi connectivity index (χ1n) is 9.21. The molecule has 8 heteroatoms. The van der Waals surface area contributed by atoms with Gasteiger partial charge in [0.25, 0.3) is 0 Å². The standard InChI is InChI=1S/C18H30N2O6/c1-18(2,3)26-17(24)19-11-8-6-5-7-9-12-14(21)10-13(16(23)25-4)20(12)15(11)22/h11-14,21H,5-10H2,1-4H3,(H,19,24)/t11-,12-,13-,14+/m0/s1. The number of carbonyl (C=O) groups is 3. The van der Waals surface area contributed by atoms with Crippen molar-refractivity contribution in [3.63, 3.8) is 0 Å². The van der Waals surface area contributed by atoms with Crippen molar-refractivity contribution >= 4 is 18.0 Å². The minimum absolute atomic E-state index is 0.155. The molecule has 2 aliphatic rings. The number of esters is 1. The monoisotopic (exact) mass is 370 g/mol. The van der Waals surface area contributed by atoms with E-state index in [-0.39, 0.29) is 12.3 Å². The molecule has 0 radical (unpaired) electrons. The fourth-order valence-corrected chi connectivity index (χ4v) is 3.68. The second-order valence-corrected chi connectivity index (χ2v) is 7.99. The lowest BCUT2D eigenvalue weighted by Gasteiger charge is -2.32. The molecule has 0 aromatic carbocycles. The summed E-state index contributed by atoms with van der Waals surface area (Å²) < 4.78 is 10.1. The van der Waals surface area contributed by atoms with Gasteiger partial charge in [-0.05, 0) is 33.6 Å². The zero-order valence-electron chi connectivity index (χ0n) is 16.0. The summed E-state index contributed by atoms with van der Waals surface area (Å²) >= 11 is 0. The van der Waals surface area contributed by atoms with Crippen molar-refractivity contribution in [2.45, 2.75) is 89.1 Å². The molecule has 8 nitrogen and oxygen atoms in total. The molecule has 0 aromatic rings. The predicted molar refractivity (Wildman–Crippen MR) is 93.3 cm³/mol. The van der Waals surface area contributed by atoms with Gasteiger partial charge in [-0.15, -0.1) is 0 Å². The maximum atomic E-state index is 13.1. The number of alkyl carbamates (subject to hydrolysis) is 1. The lowest BCUT2D eigenvalue weighted by Crippen LogP contribution is -2.55. The molecule has 0 unspecified atom stereocenters. The minimum Gasteiger partial charge on any atom is -0.467 e. The van der Waals surface area contributed by atoms with E-state index in [9.17, 15) is 19.5 Å². The van der Waals surface area contributed by atoms with Crippen LogP contribution in [-0.2, 0) is 19.1 Å². The van der Waals surface area contributed by atoms with E-state index >= 15 is 0 Å². The van der Waals surface area contributed by atoms with E-state index in [1.165, 1.54) is 12.0 Å². The van der Waals surface area contributed by atoms with Crippen molar-refractivity contribution < 1.29 is 29.0 Å². The molecule has 0 aliphatic carbocycles. The van der Waals surface area contributed by atoms with Crippen LogP contribution in [0.4, 0.5) is 4.79 Å². The van der Waals surface area contributed by atoms with Crippen LogP contribution in [0.3, 0.4) is 0 Å². The molecule has 26 heavy (non-hydrogen) atoms. The summed E-state index contributed by atoms with van der Waals surface area (Å²) in [6.07, 6.45) is 2.31. The van der Waals surface area contributed by atoms with Crippen molar-refractivity contribution in [2.24, 2.45) is 0 Å². The smallest absolute Gasteiger partial charge is 0.408 e. The van der Waals surface area contributed by atoms with Crippen LogP contribution in [0, 0.1) is 0 Å². The van der Waals surface area contributed by atoms with E-state index in [1.54, 1.807) is 20.8 Å². The Labute approximate surface area is 154 Å². The van der Waals surface area contributed by atoms with E-state index in [4.69, 9.17) is 9.47 Å². The topological polar surface area (TPSA) is 105 Å². The van der Waals surface area contributed by atoms with Gasteiger partial charge in [-0.25, -0.2) is 9.59 Å². The Bertz CT molecular complexity index is 544. The number of aliphatic hydroxyl groups is 1. The molecule has 4 atom stereocenters. The number of fused-ring (bicyclic) bond motifs is 1. The van der Waals surface area contributed by atoms with Crippen LogP contribution < -0.4 is 5.32 Å². The van der Waals surface area contributed by atoms with Gasteiger partial charge in [0.15, 0.2) is 0 Å². The summed E-state index contributed by atoms with van der Waals surface area (Å²) in [4.78, 5) is 38.8. The number of hydrogen-bond donors (Lipinski definition) is 2. The number of carbonyl (C=O) groups excluding carboxylic acids is 3. The normalized spacial score (nSPS) is 29.9. The Balaban J connectivity index is 2.22. The van der Waals surface area contributed by atoms with E-state index in [1.807, 2.05) is 0 Å². The summed E-state index contributed by atoms with van der Waals surface area (Å²) in [7, 11) is 1.26. The van der Waals surface area contributed by atoms with Crippen LogP contribution in [0.2, 0.25) is 0 Å². The van der Waals surface area contributed by atoms with Crippen molar-refractivity contribution in [2.75, 3.05) is 7.11 Å². The van der Waals surface area contributed by atoms with Gasteiger partial charge in [0.1, 0.15) is 17.7 Å². The van der Waals surface area contributed by atoms with E-state index < -0.39 is 41.9 Å². The highest BCUT2D eigenvalue weighted by Gasteiger charge is 2.48. The third-order valence-corrected chi connectivity index (χ3v) is 4.81. The largest absolute Gasteiger partial charge is 0.467 e. The van der Waals surface area contributed by atoms with Crippen LogP contribution in [0.15, 0.2) is 0 Å². The van der Waals surface area contributed by atoms with Gasteiger partial charge in [0.05, 0.1) is 19.3 Å². The molecule has 2 saturated heterocycles. The molecule has 2 fully saturated rings. The number of methoxy groups -OCH3 is 1. The second kappa shape index (κ2) is 8.24. The molecule has 0 spiro atoms. The molecule has 2 heterocycles. The summed E-state index contributed by atoms with van der Waals surface area (Å²) in [5.41, 5.74) is -0.674. The number of nitrogens with zero attached hydrogens (tertiary/aromatic N) is 1. The van der Waals surface area contributed by atoms with Gasteiger partial charge in [-0.1, -0.05) is 19.3 Å². The summed E-state index contributed by atoms with van der Waals surface area (Å²) in [6, 6.07) is -2.05. The first kappa shape index (κ1) is 20.5. The van der Waals surface area contributed by atoms with Crippen molar-refractivity contribution in [1.29, 1.82) is 0 Å². The van der Waals surface area contributed by atoms with Crippen LogP contribution in [0.1, 0.15) is 59.3 Å². The molecule has 2 rings (SSSR count).